The van der Waals surface area contributed by atoms with E-state index in [-0.39, 0.29) is 43.2 Å². The van der Waals surface area contributed by atoms with Crippen LogP contribution >= 0.6 is 0 Å². The van der Waals surface area contributed by atoms with Crippen LogP contribution in [0, 0.1) is 5.92 Å². The van der Waals surface area contributed by atoms with Crippen molar-refractivity contribution in [2.45, 2.75) is 26.0 Å². The average molecular weight is 386 g/mol. The van der Waals surface area contributed by atoms with Crippen LogP contribution in [0.3, 0.4) is 0 Å². The molecule has 3 rings (SSSR count). The van der Waals surface area contributed by atoms with Gasteiger partial charge in [-0.3, -0.25) is 14.6 Å². The summed E-state index contributed by atoms with van der Waals surface area (Å²) in [6.07, 6.45) is 0.904. The highest BCUT2D eigenvalue weighted by molar-refractivity contribution is 5.79. The van der Waals surface area contributed by atoms with Crippen molar-refractivity contribution < 1.29 is 14.3 Å². The number of nitrogen functional groups attached to an aromatic ring is 1. The van der Waals surface area contributed by atoms with Crippen molar-refractivity contribution in [3.05, 3.63) is 51.9 Å². The van der Waals surface area contributed by atoms with Gasteiger partial charge in [-0.25, -0.2) is 4.79 Å². The molecule has 1 saturated heterocycles. The maximum atomic E-state index is 12.4. The fraction of sp³-hybridized carbons (Fsp3) is 0.389. The van der Waals surface area contributed by atoms with Crippen LogP contribution in [0.4, 0.5) is 10.7 Å². The lowest BCUT2D eigenvalue weighted by Gasteiger charge is -2.31. The number of aromatic amines is 1. The van der Waals surface area contributed by atoms with Gasteiger partial charge < -0.3 is 20.7 Å². The van der Waals surface area contributed by atoms with Gasteiger partial charge in [0.25, 0.3) is 5.56 Å². The molecular formula is C18H22N6O4. The molecule has 10 nitrogen and oxygen atoms in total. The molecule has 10 heteroatoms. The second-order valence-corrected chi connectivity index (χ2v) is 6.53. The zero-order valence-electron chi connectivity index (χ0n) is 15.3. The second-order valence-electron chi connectivity index (χ2n) is 6.53. The number of hydrogen-bond acceptors (Lipinski definition) is 7. The van der Waals surface area contributed by atoms with Crippen LogP contribution in [0.1, 0.15) is 24.1 Å². The lowest BCUT2D eigenvalue weighted by Crippen LogP contribution is -2.45. The van der Waals surface area contributed by atoms with E-state index >= 15 is 0 Å². The van der Waals surface area contributed by atoms with E-state index in [4.69, 9.17) is 10.5 Å². The van der Waals surface area contributed by atoms with E-state index in [0.717, 1.165) is 5.56 Å². The van der Waals surface area contributed by atoms with Gasteiger partial charge in [-0.05, 0) is 18.4 Å². The van der Waals surface area contributed by atoms with Gasteiger partial charge in [0.15, 0.2) is 0 Å². The first-order valence-corrected chi connectivity index (χ1v) is 8.97. The predicted molar refractivity (Wildman–Crippen MR) is 99.8 cm³/mol. The normalized spacial score (nSPS) is 16.4. The summed E-state index contributed by atoms with van der Waals surface area (Å²) in [5.41, 5.74) is 5.81. The second kappa shape index (κ2) is 8.98. The van der Waals surface area contributed by atoms with Crippen molar-refractivity contribution in [3.8, 4) is 0 Å². The molecule has 1 fully saturated rings. The van der Waals surface area contributed by atoms with E-state index in [9.17, 15) is 14.4 Å². The highest BCUT2D eigenvalue weighted by atomic mass is 16.6. The minimum absolute atomic E-state index is 0.0591. The summed E-state index contributed by atoms with van der Waals surface area (Å²) in [5, 5.41) is 9.90. The van der Waals surface area contributed by atoms with Gasteiger partial charge in [0, 0.05) is 13.1 Å². The van der Waals surface area contributed by atoms with Crippen LogP contribution in [0.2, 0.25) is 0 Å². The average Bonchev–Trinajstić information content (AvgIpc) is 2.72. The van der Waals surface area contributed by atoms with Gasteiger partial charge in [-0.2, -0.15) is 0 Å². The minimum atomic E-state index is -0.498. The Morgan fingerprint density at radius 1 is 1.29 bits per heavy atom. The van der Waals surface area contributed by atoms with E-state index in [1.165, 1.54) is 4.90 Å². The number of nitrogens with two attached hydrogens (primary N) is 1. The quantitative estimate of drug-likeness (QED) is 0.675. The van der Waals surface area contributed by atoms with Gasteiger partial charge >= 0.3 is 6.09 Å². The SMILES string of the molecule is Nc1nnc(CNC(=O)[C@@H]2CCCN(C(=O)OCc3ccccc3)C2)c(=O)[nH]1. The number of carbonyl (C=O) groups is 2. The third kappa shape index (κ3) is 5.06. The molecule has 1 aromatic carbocycles. The summed E-state index contributed by atoms with van der Waals surface area (Å²) in [6.45, 7) is 0.936. The molecule has 1 atom stereocenters. The summed E-state index contributed by atoms with van der Waals surface area (Å²) in [5.74, 6) is -0.713. The molecule has 2 aromatic rings. The Hall–Kier alpha value is -3.43. The Morgan fingerprint density at radius 2 is 2.07 bits per heavy atom. The van der Waals surface area contributed by atoms with Gasteiger partial charge in [0.2, 0.25) is 11.9 Å². The van der Waals surface area contributed by atoms with Crippen LogP contribution in [0.15, 0.2) is 35.1 Å². The highest BCUT2D eigenvalue weighted by Gasteiger charge is 2.29. The number of rotatable bonds is 5. The Labute approximate surface area is 161 Å². The number of anilines is 1. The van der Waals surface area contributed by atoms with Crippen molar-refractivity contribution in [2.24, 2.45) is 5.92 Å². The molecule has 0 unspecified atom stereocenters. The standard InChI is InChI=1S/C18H22N6O4/c19-17-21-16(26)14(22-23-17)9-20-15(25)13-7-4-8-24(10-13)18(27)28-11-12-5-2-1-3-6-12/h1-3,5-6,13H,4,7-11H2,(H,20,25)(H3,19,21,23,26)/t13-/m1/s1. The molecule has 28 heavy (non-hydrogen) atoms. The number of amides is 2. The zero-order valence-corrected chi connectivity index (χ0v) is 15.3. The summed E-state index contributed by atoms with van der Waals surface area (Å²) >= 11 is 0. The predicted octanol–water partition coefficient (Wildman–Crippen LogP) is 0.412. The topological polar surface area (TPSA) is 143 Å². The van der Waals surface area contributed by atoms with Crippen molar-refractivity contribution in [1.29, 1.82) is 0 Å². The monoisotopic (exact) mass is 386 g/mol. The van der Waals surface area contributed by atoms with Gasteiger partial charge in [-0.15, -0.1) is 10.2 Å². The molecule has 0 aliphatic carbocycles. The molecule has 0 radical (unpaired) electrons. The van der Waals surface area contributed by atoms with E-state index in [2.05, 4.69) is 20.5 Å². The smallest absolute Gasteiger partial charge is 0.410 e. The zero-order chi connectivity index (χ0) is 19.9. The Bertz CT molecular complexity index is 885. The van der Waals surface area contributed by atoms with Gasteiger partial charge in [0.05, 0.1) is 12.5 Å². The van der Waals surface area contributed by atoms with Crippen molar-refractivity contribution in [2.75, 3.05) is 18.8 Å². The van der Waals surface area contributed by atoms with E-state index in [0.29, 0.717) is 19.4 Å². The molecule has 2 amide bonds. The van der Waals surface area contributed by atoms with E-state index in [1.807, 2.05) is 30.3 Å². The fourth-order valence-electron chi connectivity index (χ4n) is 2.97. The number of aromatic nitrogens is 3. The Kier molecular flexibility index (Phi) is 6.20. The summed E-state index contributed by atoms with van der Waals surface area (Å²) in [6, 6.07) is 9.40. The molecule has 1 aliphatic heterocycles. The van der Waals surface area contributed by atoms with Gasteiger partial charge in [0.1, 0.15) is 12.3 Å². The van der Waals surface area contributed by atoms with Crippen molar-refractivity contribution >= 4 is 17.9 Å². The molecule has 0 bridgehead atoms. The Morgan fingerprint density at radius 3 is 2.82 bits per heavy atom. The number of nitrogens with zero attached hydrogens (tertiary/aromatic N) is 3. The molecular weight excluding hydrogens is 364 g/mol. The number of benzene rings is 1. The molecule has 1 aliphatic rings. The minimum Gasteiger partial charge on any atom is -0.445 e. The maximum absolute atomic E-state index is 12.4. The summed E-state index contributed by atoms with van der Waals surface area (Å²) in [4.78, 5) is 40.3. The number of H-pyrrole nitrogens is 1. The first-order chi connectivity index (χ1) is 13.5. The van der Waals surface area contributed by atoms with Crippen LogP contribution in [0.5, 0.6) is 0 Å². The molecule has 0 saturated carbocycles. The molecule has 148 valence electrons. The summed E-state index contributed by atoms with van der Waals surface area (Å²) < 4.78 is 5.33. The number of likely N-dealkylation sites (tertiary alicyclic amines) is 1. The van der Waals surface area contributed by atoms with Crippen LogP contribution in [0.25, 0.3) is 0 Å². The molecule has 1 aromatic heterocycles. The number of carbonyl (C=O) groups excluding carboxylic acids is 2. The highest BCUT2D eigenvalue weighted by Crippen LogP contribution is 2.18. The maximum Gasteiger partial charge on any atom is 0.410 e. The van der Waals surface area contributed by atoms with Crippen molar-refractivity contribution in [3.63, 3.8) is 0 Å². The van der Waals surface area contributed by atoms with E-state index in [1.54, 1.807) is 0 Å². The van der Waals surface area contributed by atoms with E-state index < -0.39 is 11.7 Å². The lowest BCUT2D eigenvalue weighted by atomic mass is 9.97. The number of hydrogen-bond donors (Lipinski definition) is 3. The molecule has 4 N–H and O–H groups in total. The fourth-order valence-corrected chi connectivity index (χ4v) is 2.97. The molecule has 2 heterocycles. The third-order valence-electron chi connectivity index (χ3n) is 4.47. The number of nitrogens with one attached hydrogen (secondary N) is 2. The largest absolute Gasteiger partial charge is 0.445 e. The summed E-state index contributed by atoms with van der Waals surface area (Å²) in [7, 11) is 0. The number of ether oxygens (including phenoxy) is 1. The first kappa shape index (κ1) is 19.3. The van der Waals surface area contributed by atoms with Crippen LogP contribution in [-0.4, -0.2) is 45.2 Å². The van der Waals surface area contributed by atoms with Crippen LogP contribution in [-0.2, 0) is 22.7 Å². The van der Waals surface area contributed by atoms with Crippen molar-refractivity contribution in [1.82, 2.24) is 25.4 Å². The number of piperidine rings is 1. The molecule has 0 spiro atoms. The first-order valence-electron chi connectivity index (χ1n) is 8.97. The van der Waals surface area contributed by atoms with Gasteiger partial charge in [-0.1, -0.05) is 30.3 Å². The lowest BCUT2D eigenvalue weighted by molar-refractivity contribution is -0.126. The van der Waals surface area contributed by atoms with Crippen LogP contribution < -0.4 is 16.6 Å². The third-order valence-corrected chi connectivity index (χ3v) is 4.47. The Balaban J connectivity index is 1.50.